The molecule has 2 amide bonds. The zero-order valence-electron chi connectivity index (χ0n) is 17.1. The van der Waals surface area contributed by atoms with Crippen molar-refractivity contribution in [1.29, 1.82) is 0 Å². The number of hydrogen-bond acceptors (Lipinski definition) is 6. The highest BCUT2D eigenvalue weighted by molar-refractivity contribution is 5.98. The Morgan fingerprint density at radius 3 is 2.87 bits per heavy atom. The second kappa shape index (κ2) is 6.44. The molecule has 9 nitrogen and oxygen atoms in total. The molecule has 3 aliphatic heterocycles. The summed E-state index contributed by atoms with van der Waals surface area (Å²) in [5.74, 6) is 1.48. The van der Waals surface area contributed by atoms with Gasteiger partial charge in [0.2, 0.25) is 0 Å². The van der Waals surface area contributed by atoms with Crippen LogP contribution in [-0.4, -0.2) is 81.1 Å². The zero-order chi connectivity index (χ0) is 21.2. The van der Waals surface area contributed by atoms with Crippen LogP contribution in [0.2, 0.25) is 0 Å². The molecule has 158 valence electrons. The third-order valence-corrected chi connectivity index (χ3v) is 6.56. The fourth-order valence-electron chi connectivity index (χ4n) is 4.95. The summed E-state index contributed by atoms with van der Waals surface area (Å²) in [6, 6.07) is 11.4. The van der Waals surface area contributed by atoms with Gasteiger partial charge >= 0.3 is 6.09 Å². The number of hydrogen-bond donors (Lipinski definition) is 1. The van der Waals surface area contributed by atoms with Crippen LogP contribution in [0.25, 0.3) is 10.9 Å². The molecule has 3 aromatic rings. The third-order valence-electron chi connectivity index (χ3n) is 6.56. The number of nitrogens with one attached hydrogen (secondary N) is 1. The Labute approximate surface area is 178 Å². The van der Waals surface area contributed by atoms with Crippen LogP contribution < -0.4 is 4.90 Å². The fraction of sp³-hybridized carbons (Fsp3) is 0.364. The van der Waals surface area contributed by atoms with Crippen molar-refractivity contribution in [2.75, 3.05) is 37.6 Å². The zero-order valence-corrected chi connectivity index (χ0v) is 17.1. The maximum absolute atomic E-state index is 13.2. The Hall–Kier alpha value is -3.62. The number of carbonyl (C=O) groups is 2. The van der Waals surface area contributed by atoms with E-state index in [0.29, 0.717) is 44.2 Å². The Bertz CT molecular complexity index is 1170. The summed E-state index contributed by atoms with van der Waals surface area (Å²) < 4.78 is 5.85. The number of anilines is 1. The van der Waals surface area contributed by atoms with Gasteiger partial charge in [0.25, 0.3) is 5.91 Å². The van der Waals surface area contributed by atoms with E-state index in [1.807, 2.05) is 48.2 Å². The van der Waals surface area contributed by atoms with E-state index < -0.39 is 5.60 Å². The average molecular weight is 418 g/mol. The van der Waals surface area contributed by atoms with Crippen LogP contribution in [0.4, 0.5) is 10.6 Å². The average Bonchev–Trinajstić information content (AvgIpc) is 3.31. The molecule has 0 aliphatic carbocycles. The van der Waals surface area contributed by atoms with Crippen molar-refractivity contribution >= 4 is 28.7 Å². The van der Waals surface area contributed by atoms with Gasteiger partial charge in [-0.2, -0.15) is 0 Å². The van der Waals surface area contributed by atoms with E-state index in [2.05, 4.69) is 19.9 Å². The lowest BCUT2D eigenvalue weighted by Gasteiger charge is -2.51. The Morgan fingerprint density at radius 2 is 2.06 bits per heavy atom. The van der Waals surface area contributed by atoms with Gasteiger partial charge in [-0.1, -0.05) is 18.2 Å². The van der Waals surface area contributed by atoms with E-state index in [4.69, 9.17) is 4.74 Å². The van der Waals surface area contributed by atoms with Crippen molar-refractivity contribution in [3.05, 3.63) is 54.1 Å². The highest BCUT2D eigenvalue weighted by Crippen LogP contribution is 2.41. The highest BCUT2D eigenvalue weighted by atomic mass is 16.6. The summed E-state index contributed by atoms with van der Waals surface area (Å²) in [6.45, 7) is 4.39. The minimum atomic E-state index is -0.616. The number of para-hydroxylation sites is 1. The Balaban J connectivity index is 1.22. The molecule has 0 bridgehead atoms. The predicted molar refractivity (Wildman–Crippen MR) is 113 cm³/mol. The second-order valence-corrected chi connectivity index (χ2v) is 8.48. The normalized spacial score (nSPS) is 21.9. The van der Waals surface area contributed by atoms with Crippen LogP contribution in [-0.2, 0) is 4.74 Å². The van der Waals surface area contributed by atoms with Gasteiger partial charge in [0.15, 0.2) is 5.60 Å². The number of aromatic nitrogens is 3. The van der Waals surface area contributed by atoms with E-state index in [1.165, 1.54) is 0 Å². The number of benzene rings is 1. The van der Waals surface area contributed by atoms with Crippen LogP contribution >= 0.6 is 0 Å². The van der Waals surface area contributed by atoms with Crippen molar-refractivity contribution in [3.8, 4) is 0 Å². The lowest BCUT2D eigenvalue weighted by molar-refractivity contribution is -0.00679. The van der Waals surface area contributed by atoms with E-state index in [9.17, 15) is 9.59 Å². The summed E-state index contributed by atoms with van der Waals surface area (Å²) in [5, 5.41) is 1.01. The molecule has 9 heteroatoms. The number of carbonyl (C=O) groups excluding carboxylic acids is 2. The van der Waals surface area contributed by atoms with E-state index in [0.717, 1.165) is 16.7 Å². The molecule has 3 aliphatic rings. The quantitative estimate of drug-likeness (QED) is 0.682. The molecular formula is C22H22N6O3. The maximum atomic E-state index is 13.2. The Kier molecular flexibility index (Phi) is 3.77. The summed E-state index contributed by atoms with van der Waals surface area (Å²) in [5.41, 5.74) is 0.894. The largest absolute Gasteiger partial charge is 0.437 e. The number of ether oxygens (including phenoxy) is 1. The number of H-pyrrole nitrogens is 1. The monoisotopic (exact) mass is 418 g/mol. The summed E-state index contributed by atoms with van der Waals surface area (Å²) >= 11 is 0. The number of nitrogens with zero attached hydrogens (tertiary/aromatic N) is 5. The minimum absolute atomic E-state index is 0.0482. The second-order valence-electron chi connectivity index (χ2n) is 8.48. The molecule has 1 N–H and O–H groups in total. The van der Waals surface area contributed by atoms with Crippen molar-refractivity contribution < 1.29 is 14.3 Å². The van der Waals surface area contributed by atoms with E-state index in [1.54, 1.807) is 11.1 Å². The van der Waals surface area contributed by atoms with E-state index in [-0.39, 0.29) is 18.0 Å². The number of piperazine rings is 1. The molecule has 3 saturated heterocycles. The smallest absolute Gasteiger partial charge is 0.411 e. The highest BCUT2D eigenvalue weighted by Gasteiger charge is 2.62. The number of fused-ring (bicyclic) bond motifs is 3. The Morgan fingerprint density at radius 1 is 1.23 bits per heavy atom. The van der Waals surface area contributed by atoms with Crippen LogP contribution in [0.3, 0.4) is 0 Å². The van der Waals surface area contributed by atoms with E-state index >= 15 is 0 Å². The summed E-state index contributed by atoms with van der Waals surface area (Å²) in [7, 11) is 0. The van der Waals surface area contributed by atoms with Crippen molar-refractivity contribution in [2.45, 2.75) is 18.6 Å². The topological polar surface area (TPSA) is 94.7 Å². The van der Waals surface area contributed by atoms with Gasteiger partial charge in [-0.15, -0.1) is 0 Å². The standard InChI is InChI=1S/C22H22N6O3/c1-14-23-7-6-19(24-14)27-12-22(13-27)18-11-26(8-9-28(18)21(30)31-22)20(29)17-10-15-4-2-3-5-16(15)25-17/h2-7,10,18,25H,8-9,11-13H2,1H3. The van der Waals surface area contributed by atoms with Gasteiger partial charge < -0.3 is 19.5 Å². The first-order valence-corrected chi connectivity index (χ1v) is 10.4. The molecule has 31 heavy (non-hydrogen) atoms. The minimum Gasteiger partial charge on any atom is -0.437 e. The third kappa shape index (κ3) is 2.76. The molecular weight excluding hydrogens is 396 g/mol. The summed E-state index contributed by atoms with van der Waals surface area (Å²) in [4.78, 5) is 43.2. The molecule has 2 aromatic heterocycles. The molecule has 3 fully saturated rings. The molecule has 1 atom stereocenters. The van der Waals surface area contributed by atoms with Gasteiger partial charge in [0, 0.05) is 36.7 Å². The van der Waals surface area contributed by atoms with Gasteiger partial charge in [-0.05, 0) is 25.1 Å². The number of amides is 2. The van der Waals surface area contributed by atoms with Crippen molar-refractivity contribution in [2.24, 2.45) is 0 Å². The fourth-order valence-corrected chi connectivity index (χ4v) is 4.95. The maximum Gasteiger partial charge on any atom is 0.411 e. The van der Waals surface area contributed by atoms with Gasteiger partial charge in [0.1, 0.15) is 17.3 Å². The molecule has 1 aromatic carbocycles. The molecule has 0 radical (unpaired) electrons. The van der Waals surface area contributed by atoms with Crippen molar-refractivity contribution in [3.63, 3.8) is 0 Å². The lowest BCUT2D eigenvalue weighted by Crippen LogP contribution is -2.71. The first kappa shape index (κ1) is 18.2. The molecule has 1 spiro atoms. The van der Waals surface area contributed by atoms with Crippen LogP contribution in [0.5, 0.6) is 0 Å². The molecule has 5 heterocycles. The van der Waals surface area contributed by atoms with Crippen LogP contribution in [0.15, 0.2) is 42.6 Å². The lowest BCUT2D eigenvalue weighted by atomic mass is 9.84. The summed E-state index contributed by atoms with van der Waals surface area (Å²) in [6.07, 6.45) is 1.44. The van der Waals surface area contributed by atoms with Crippen molar-refractivity contribution in [1.82, 2.24) is 24.8 Å². The van der Waals surface area contributed by atoms with Gasteiger partial charge in [-0.25, -0.2) is 14.8 Å². The molecule has 6 rings (SSSR count). The number of aromatic amines is 1. The number of rotatable bonds is 2. The first-order chi connectivity index (χ1) is 15.0. The van der Waals surface area contributed by atoms with Crippen LogP contribution in [0.1, 0.15) is 16.3 Å². The van der Waals surface area contributed by atoms with Gasteiger partial charge in [0.05, 0.1) is 19.1 Å². The van der Waals surface area contributed by atoms with Gasteiger partial charge in [-0.3, -0.25) is 9.69 Å². The first-order valence-electron chi connectivity index (χ1n) is 10.4. The predicted octanol–water partition coefficient (Wildman–Crippen LogP) is 1.80. The molecule has 0 saturated carbocycles. The SMILES string of the molecule is Cc1nccc(N2CC3(C2)OC(=O)N2CCN(C(=O)c4cc5ccccc5[nH]4)CC23)n1. The molecule has 1 unspecified atom stereocenters. The van der Waals surface area contributed by atoms with Crippen LogP contribution in [0, 0.1) is 6.92 Å². The number of aryl methyl sites for hydroxylation is 1.